The van der Waals surface area contributed by atoms with E-state index in [1.165, 1.54) is 10.9 Å². The molecule has 1 aliphatic rings. The molecule has 1 aliphatic heterocycles. The summed E-state index contributed by atoms with van der Waals surface area (Å²) in [6, 6.07) is 3.70. The first-order chi connectivity index (χ1) is 15.5. The number of aromatic nitrogens is 5. The van der Waals surface area contributed by atoms with Gasteiger partial charge < -0.3 is 16.0 Å². The van der Waals surface area contributed by atoms with Crippen molar-refractivity contribution in [3.63, 3.8) is 0 Å². The zero-order chi connectivity index (χ0) is 22.4. The Kier molecular flexibility index (Phi) is 5.13. The molecule has 0 aliphatic carbocycles. The monoisotopic (exact) mass is 452 g/mol. The van der Waals surface area contributed by atoms with Crippen LogP contribution in [-0.2, 0) is 0 Å². The molecule has 0 bridgehead atoms. The van der Waals surface area contributed by atoms with Crippen molar-refractivity contribution in [3.05, 3.63) is 53.2 Å². The van der Waals surface area contributed by atoms with Gasteiger partial charge in [0.1, 0.15) is 17.7 Å². The summed E-state index contributed by atoms with van der Waals surface area (Å²) >= 11 is 6.60. The molecule has 1 fully saturated rings. The minimum atomic E-state index is -0.339. The van der Waals surface area contributed by atoms with Crippen LogP contribution < -0.4 is 16.0 Å². The maximum absolute atomic E-state index is 13.2. The van der Waals surface area contributed by atoms with Crippen molar-refractivity contribution in [2.45, 2.75) is 45.2 Å². The number of nitrogens with one attached hydrogen (secondary N) is 1. The van der Waals surface area contributed by atoms with Gasteiger partial charge in [0.25, 0.3) is 5.91 Å². The Labute approximate surface area is 190 Å². The number of nitrogens with zero attached hydrogens (tertiary/aromatic N) is 6. The first-order valence-electron chi connectivity index (χ1n) is 10.8. The molecule has 1 amide bonds. The number of hydrogen-bond donors (Lipinski definition) is 2. The van der Waals surface area contributed by atoms with Gasteiger partial charge in [-0.2, -0.15) is 0 Å². The largest absolute Gasteiger partial charge is 0.381 e. The number of nitrogens with two attached hydrogens (primary N) is 1. The minimum Gasteiger partial charge on any atom is -0.381 e. The van der Waals surface area contributed by atoms with E-state index in [4.69, 9.17) is 17.3 Å². The third-order valence-electron chi connectivity index (χ3n) is 6.19. The molecule has 0 spiro atoms. The van der Waals surface area contributed by atoms with Crippen LogP contribution in [0.4, 0.5) is 11.6 Å². The van der Waals surface area contributed by atoms with Crippen LogP contribution in [0.3, 0.4) is 0 Å². The van der Waals surface area contributed by atoms with Crippen LogP contribution >= 0.6 is 11.6 Å². The summed E-state index contributed by atoms with van der Waals surface area (Å²) in [5.74, 6) is 0.817. The van der Waals surface area contributed by atoms with Gasteiger partial charge in [-0.25, -0.2) is 14.5 Å². The summed E-state index contributed by atoms with van der Waals surface area (Å²) in [6.07, 6.45) is 10.3. The molecule has 0 radical (unpaired) electrons. The number of halogens is 1. The first kappa shape index (κ1) is 20.6. The van der Waals surface area contributed by atoms with Crippen LogP contribution in [0, 0.1) is 0 Å². The van der Waals surface area contributed by atoms with Gasteiger partial charge in [-0.15, -0.1) is 5.10 Å². The van der Waals surface area contributed by atoms with E-state index in [-0.39, 0.29) is 23.3 Å². The number of rotatable bonds is 4. The Bertz CT molecular complexity index is 1310. The Hall–Kier alpha value is -3.33. The lowest BCUT2D eigenvalue weighted by Gasteiger charge is -2.38. The quantitative estimate of drug-likeness (QED) is 0.491. The second-order valence-corrected chi connectivity index (χ2v) is 8.71. The van der Waals surface area contributed by atoms with E-state index < -0.39 is 0 Å². The lowest BCUT2D eigenvalue weighted by molar-refractivity contribution is 0.0942. The fourth-order valence-corrected chi connectivity index (χ4v) is 4.82. The van der Waals surface area contributed by atoms with Crippen LogP contribution in [0.5, 0.6) is 0 Å². The molecular weight excluding hydrogens is 428 g/mol. The maximum atomic E-state index is 13.2. The topological polar surface area (TPSA) is 106 Å². The van der Waals surface area contributed by atoms with E-state index in [1.54, 1.807) is 31.0 Å². The standard InChI is InChI=1S/C22H25ClN8O/c1-13-6-3-4-8-29(13)22-15(10-16(23)17-11-25-12-30(17)22)14(2)27-21(32)18-19(24)28-31-9-5-7-26-20(18)31/h5,7,9-14H,3-4,6,8H2,1-2H3,(H2,24,28)(H,27,32)/t13-,14?/m1/s1. The van der Waals surface area contributed by atoms with Gasteiger partial charge in [0, 0.05) is 30.5 Å². The number of carbonyl (C=O) groups is 1. The number of nitrogen functional groups attached to an aromatic ring is 1. The van der Waals surface area contributed by atoms with Crippen molar-refractivity contribution in [1.82, 2.24) is 29.3 Å². The van der Waals surface area contributed by atoms with Crippen molar-refractivity contribution in [2.24, 2.45) is 0 Å². The highest BCUT2D eigenvalue weighted by molar-refractivity contribution is 6.34. The lowest BCUT2D eigenvalue weighted by Crippen LogP contribution is -2.40. The molecule has 32 heavy (non-hydrogen) atoms. The molecule has 3 N–H and O–H groups in total. The maximum Gasteiger partial charge on any atom is 0.259 e. The van der Waals surface area contributed by atoms with E-state index in [0.29, 0.717) is 16.7 Å². The highest BCUT2D eigenvalue weighted by atomic mass is 35.5. The SMILES string of the molecule is CC(NC(=O)c1c(N)nn2cccnc12)c1cc(Cl)c2cncn2c1N1CCCC[C@H]1C. The van der Waals surface area contributed by atoms with Crippen LogP contribution in [0.25, 0.3) is 11.2 Å². The number of carbonyl (C=O) groups excluding carboxylic acids is 1. The second-order valence-electron chi connectivity index (χ2n) is 8.30. The molecule has 5 rings (SSSR count). The number of imidazole rings is 1. The Balaban J connectivity index is 1.56. The summed E-state index contributed by atoms with van der Waals surface area (Å²) in [5, 5.41) is 7.86. The van der Waals surface area contributed by atoms with Gasteiger partial charge in [0.2, 0.25) is 0 Å². The molecule has 5 heterocycles. The highest BCUT2D eigenvalue weighted by Crippen LogP contribution is 2.36. The Morgan fingerprint density at radius 1 is 1.38 bits per heavy atom. The second kappa shape index (κ2) is 7.98. The smallest absolute Gasteiger partial charge is 0.259 e. The summed E-state index contributed by atoms with van der Waals surface area (Å²) in [4.78, 5) is 24.2. The van der Waals surface area contributed by atoms with E-state index in [2.05, 4.69) is 32.2 Å². The highest BCUT2D eigenvalue weighted by Gasteiger charge is 2.28. The van der Waals surface area contributed by atoms with Gasteiger partial charge in [0.15, 0.2) is 11.5 Å². The van der Waals surface area contributed by atoms with Crippen LogP contribution in [0.15, 0.2) is 37.1 Å². The average molecular weight is 453 g/mol. The van der Waals surface area contributed by atoms with Crippen LogP contribution in [0.2, 0.25) is 5.02 Å². The Morgan fingerprint density at radius 2 is 2.22 bits per heavy atom. The lowest BCUT2D eigenvalue weighted by atomic mass is 10.0. The van der Waals surface area contributed by atoms with Crippen molar-refractivity contribution < 1.29 is 4.79 Å². The summed E-state index contributed by atoms with van der Waals surface area (Å²) in [5.41, 5.74) is 8.49. The summed E-state index contributed by atoms with van der Waals surface area (Å²) < 4.78 is 3.53. The fraction of sp³-hybridized carbons (Fsp3) is 0.364. The summed E-state index contributed by atoms with van der Waals surface area (Å²) in [6.45, 7) is 5.11. The molecule has 1 unspecified atom stereocenters. The number of pyridine rings is 1. The molecule has 4 aromatic rings. The van der Waals surface area contributed by atoms with Crippen molar-refractivity contribution in [2.75, 3.05) is 17.2 Å². The normalized spacial score (nSPS) is 17.7. The van der Waals surface area contributed by atoms with Crippen molar-refractivity contribution in [3.8, 4) is 0 Å². The molecule has 1 saturated heterocycles. The van der Waals surface area contributed by atoms with E-state index in [1.807, 2.05) is 17.4 Å². The van der Waals surface area contributed by atoms with Crippen LogP contribution in [0.1, 0.15) is 55.1 Å². The van der Waals surface area contributed by atoms with Gasteiger partial charge in [0.05, 0.1) is 22.8 Å². The van der Waals surface area contributed by atoms with Gasteiger partial charge in [-0.1, -0.05) is 11.6 Å². The third kappa shape index (κ3) is 3.33. The molecule has 4 aromatic heterocycles. The third-order valence-corrected chi connectivity index (χ3v) is 6.49. The average Bonchev–Trinajstić information content (AvgIpc) is 3.38. The Morgan fingerprint density at radius 3 is 3.03 bits per heavy atom. The van der Waals surface area contributed by atoms with Crippen LogP contribution in [-0.4, -0.2) is 42.5 Å². The number of fused-ring (bicyclic) bond motifs is 2. The van der Waals surface area contributed by atoms with E-state index in [0.717, 1.165) is 36.3 Å². The van der Waals surface area contributed by atoms with Gasteiger partial charge >= 0.3 is 0 Å². The number of amides is 1. The first-order valence-corrected chi connectivity index (χ1v) is 11.1. The molecule has 9 nitrogen and oxygen atoms in total. The molecular formula is C22H25ClN8O. The predicted octanol–water partition coefficient (Wildman–Crippen LogP) is 3.48. The molecule has 0 aromatic carbocycles. The zero-order valence-electron chi connectivity index (χ0n) is 18.0. The van der Waals surface area contributed by atoms with Gasteiger partial charge in [-0.3, -0.25) is 9.20 Å². The number of piperidine rings is 1. The van der Waals surface area contributed by atoms with Crippen molar-refractivity contribution in [1.29, 1.82) is 0 Å². The molecule has 2 atom stereocenters. The summed E-state index contributed by atoms with van der Waals surface area (Å²) in [7, 11) is 0. The predicted molar refractivity (Wildman–Crippen MR) is 124 cm³/mol. The fourth-order valence-electron chi connectivity index (χ4n) is 4.56. The number of anilines is 2. The van der Waals surface area contributed by atoms with E-state index >= 15 is 0 Å². The van der Waals surface area contributed by atoms with Gasteiger partial charge in [-0.05, 0) is 45.2 Å². The molecule has 166 valence electrons. The molecule has 0 saturated carbocycles. The van der Waals surface area contributed by atoms with E-state index in [9.17, 15) is 4.79 Å². The molecule has 10 heteroatoms. The minimum absolute atomic E-state index is 0.140. The number of hydrogen-bond acceptors (Lipinski definition) is 6. The van der Waals surface area contributed by atoms with Crippen molar-refractivity contribution >= 4 is 40.3 Å². The zero-order valence-corrected chi connectivity index (χ0v) is 18.8.